The maximum atomic E-state index is 12.2. The van der Waals surface area contributed by atoms with Crippen molar-refractivity contribution in [3.63, 3.8) is 0 Å². The van der Waals surface area contributed by atoms with E-state index in [4.69, 9.17) is 5.11 Å². The first-order valence-electron chi connectivity index (χ1n) is 8.15. The van der Waals surface area contributed by atoms with Gasteiger partial charge >= 0.3 is 6.09 Å². The first-order valence-corrected chi connectivity index (χ1v) is 8.96. The second-order valence-electron chi connectivity index (χ2n) is 5.95. The molecule has 2 aromatic rings. The third kappa shape index (κ3) is 3.99. The summed E-state index contributed by atoms with van der Waals surface area (Å²) in [5.41, 5.74) is 1.53. The Morgan fingerprint density at radius 3 is 2.89 bits per heavy atom. The van der Waals surface area contributed by atoms with Crippen molar-refractivity contribution in [1.29, 1.82) is 5.26 Å². The summed E-state index contributed by atoms with van der Waals surface area (Å²) in [6.45, 7) is 0.483. The molecule has 0 radical (unpaired) electrons. The molecule has 0 bridgehead atoms. The summed E-state index contributed by atoms with van der Waals surface area (Å²) >= 11 is 1.18. The molecule has 0 aliphatic carbocycles. The number of anilines is 1. The van der Waals surface area contributed by atoms with Gasteiger partial charge in [0.1, 0.15) is 11.1 Å². The van der Waals surface area contributed by atoms with Crippen molar-refractivity contribution in [3.8, 4) is 6.07 Å². The largest absolute Gasteiger partial charge is 0.465 e. The van der Waals surface area contributed by atoms with Crippen LogP contribution in [0.2, 0.25) is 0 Å². The SMILES string of the molecule is N#Cc1c(NC(=O)C=Cc2cccc([N+](=O)[O-])c2)sc2c1CCN(C(=O)O)C2. The van der Waals surface area contributed by atoms with Crippen LogP contribution in [0.1, 0.15) is 21.6 Å². The zero-order valence-electron chi connectivity index (χ0n) is 14.4. The van der Waals surface area contributed by atoms with Gasteiger partial charge in [-0.05, 0) is 23.6 Å². The Morgan fingerprint density at radius 2 is 2.21 bits per heavy atom. The van der Waals surface area contributed by atoms with E-state index in [-0.39, 0.29) is 12.2 Å². The lowest BCUT2D eigenvalue weighted by Gasteiger charge is -2.23. The number of nitro groups is 1. The summed E-state index contributed by atoms with van der Waals surface area (Å²) in [6, 6.07) is 7.92. The molecule has 0 spiro atoms. The number of nitrogens with one attached hydrogen (secondary N) is 1. The minimum atomic E-state index is -1.02. The van der Waals surface area contributed by atoms with Crippen molar-refractivity contribution >= 4 is 40.1 Å². The number of thiophene rings is 1. The van der Waals surface area contributed by atoms with E-state index >= 15 is 0 Å². The van der Waals surface area contributed by atoms with Crippen molar-refractivity contribution in [2.45, 2.75) is 13.0 Å². The van der Waals surface area contributed by atoms with E-state index in [0.29, 0.717) is 29.1 Å². The summed E-state index contributed by atoms with van der Waals surface area (Å²) in [6.07, 6.45) is 2.06. The van der Waals surface area contributed by atoms with Crippen LogP contribution in [-0.4, -0.2) is 33.5 Å². The van der Waals surface area contributed by atoms with E-state index in [2.05, 4.69) is 11.4 Å². The molecule has 0 unspecified atom stereocenters. The molecule has 3 rings (SSSR count). The molecule has 1 aliphatic rings. The van der Waals surface area contributed by atoms with Gasteiger partial charge in [-0.1, -0.05) is 12.1 Å². The molecule has 28 heavy (non-hydrogen) atoms. The van der Waals surface area contributed by atoms with Crippen molar-refractivity contribution in [3.05, 3.63) is 62.0 Å². The number of nitrogens with zero attached hydrogens (tertiary/aromatic N) is 3. The van der Waals surface area contributed by atoms with Crippen LogP contribution >= 0.6 is 11.3 Å². The second-order valence-corrected chi connectivity index (χ2v) is 7.05. The van der Waals surface area contributed by atoms with Crippen LogP contribution in [0.4, 0.5) is 15.5 Å². The molecule has 2 N–H and O–H groups in total. The Balaban J connectivity index is 1.76. The monoisotopic (exact) mass is 398 g/mol. The van der Waals surface area contributed by atoms with Gasteiger partial charge in [-0.15, -0.1) is 11.3 Å². The number of nitro benzene ring substituents is 1. The molecule has 1 aromatic heterocycles. The van der Waals surface area contributed by atoms with Crippen molar-refractivity contribution in [1.82, 2.24) is 4.90 Å². The molecular weight excluding hydrogens is 384 g/mol. The van der Waals surface area contributed by atoms with Crippen molar-refractivity contribution < 1.29 is 19.6 Å². The summed E-state index contributed by atoms with van der Waals surface area (Å²) in [5, 5.41) is 32.4. The normalized spacial score (nSPS) is 13.0. The van der Waals surface area contributed by atoms with Gasteiger partial charge in [0.05, 0.1) is 17.0 Å². The van der Waals surface area contributed by atoms with Crippen LogP contribution in [0.15, 0.2) is 30.3 Å². The molecule has 2 amide bonds. The van der Waals surface area contributed by atoms with Crippen LogP contribution in [0.5, 0.6) is 0 Å². The number of carboxylic acid groups (broad SMARTS) is 1. The number of rotatable bonds is 4. The number of non-ortho nitro benzene ring substituents is 1. The molecule has 9 nitrogen and oxygen atoms in total. The van der Waals surface area contributed by atoms with E-state index in [9.17, 15) is 25.0 Å². The molecular formula is C18H14N4O5S. The molecule has 0 saturated carbocycles. The lowest BCUT2D eigenvalue weighted by atomic mass is 10.0. The van der Waals surface area contributed by atoms with Crippen molar-refractivity contribution in [2.75, 3.05) is 11.9 Å². The van der Waals surface area contributed by atoms with Gasteiger partial charge in [0, 0.05) is 29.6 Å². The van der Waals surface area contributed by atoms with Gasteiger partial charge in [0.25, 0.3) is 5.69 Å². The second kappa shape index (κ2) is 7.89. The number of nitriles is 1. The number of benzene rings is 1. The van der Waals surface area contributed by atoms with E-state index < -0.39 is 16.9 Å². The summed E-state index contributed by atoms with van der Waals surface area (Å²) in [4.78, 5) is 35.6. The van der Waals surface area contributed by atoms with Gasteiger partial charge < -0.3 is 15.3 Å². The van der Waals surface area contributed by atoms with Gasteiger partial charge in [-0.25, -0.2) is 4.79 Å². The maximum absolute atomic E-state index is 12.2. The third-order valence-electron chi connectivity index (χ3n) is 4.18. The van der Waals surface area contributed by atoms with Gasteiger partial charge in [0.2, 0.25) is 5.91 Å². The maximum Gasteiger partial charge on any atom is 0.407 e. The van der Waals surface area contributed by atoms with Gasteiger partial charge in [-0.2, -0.15) is 5.26 Å². The van der Waals surface area contributed by atoms with E-state index in [1.807, 2.05) is 0 Å². The Labute approximate surface area is 163 Å². The van der Waals surface area contributed by atoms with Crippen LogP contribution in [0.25, 0.3) is 6.08 Å². The minimum absolute atomic E-state index is 0.0803. The Bertz CT molecular complexity index is 1040. The molecule has 1 aliphatic heterocycles. The average molecular weight is 398 g/mol. The highest BCUT2D eigenvalue weighted by Crippen LogP contribution is 2.36. The molecule has 1 aromatic carbocycles. The number of fused-ring (bicyclic) bond motifs is 1. The number of hydrogen-bond acceptors (Lipinski definition) is 6. The Hall–Kier alpha value is -3.71. The van der Waals surface area contributed by atoms with Crippen LogP contribution < -0.4 is 5.32 Å². The van der Waals surface area contributed by atoms with Crippen LogP contribution in [0, 0.1) is 21.4 Å². The molecule has 142 valence electrons. The zero-order valence-corrected chi connectivity index (χ0v) is 15.2. The van der Waals surface area contributed by atoms with E-state index in [1.54, 1.807) is 6.07 Å². The highest BCUT2D eigenvalue weighted by atomic mass is 32.1. The fraction of sp³-hybridized carbons (Fsp3) is 0.167. The fourth-order valence-electron chi connectivity index (χ4n) is 2.84. The van der Waals surface area contributed by atoms with Crippen LogP contribution in [-0.2, 0) is 17.8 Å². The molecule has 0 fully saturated rings. The quantitative estimate of drug-likeness (QED) is 0.461. The third-order valence-corrected chi connectivity index (χ3v) is 5.32. The Kier molecular flexibility index (Phi) is 5.37. The fourth-order valence-corrected chi connectivity index (χ4v) is 4.06. The lowest BCUT2D eigenvalue weighted by Crippen LogP contribution is -2.34. The predicted molar refractivity (Wildman–Crippen MR) is 102 cm³/mol. The molecule has 0 saturated heterocycles. The summed E-state index contributed by atoms with van der Waals surface area (Å²) < 4.78 is 0. The highest BCUT2D eigenvalue weighted by molar-refractivity contribution is 7.16. The average Bonchev–Trinajstić information content (AvgIpc) is 3.02. The first-order chi connectivity index (χ1) is 13.4. The van der Waals surface area contributed by atoms with Crippen molar-refractivity contribution in [2.24, 2.45) is 0 Å². The topological polar surface area (TPSA) is 137 Å². The highest BCUT2D eigenvalue weighted by Gasteiger charge is 2.27. The van der Waals surface area contributed by atoms with E-state index in [0.717, 1.165) is 10.4 Å². The summed E-state index contributed by atoms with van der Waals surface area (Å²) in [7, 11) is 0. The lowest BCUT2D eigenvalue weighted by molar-refractivity contribution is -0.384. The van der Waals surface area contributed by atoms with Crippen LogP contribution in [0.3, 0.4) is 0 Å². The Morgan fingerprint density at radius 1 is 1.43 bits per heavy atom. The zero-order chi connectivity index (χ0) is 20.3. The number of hydrogen-bond donors (Lipinski definition) is 2. The minimum Gasteiger partial charge on any atom is -0.465 e. The number of amides is 2. The molecule has 0 atom stereocenters. The predicted octanol–water partition coefficient (Wildman–Crippen LogP) is 3.22. The van der Waals surface area contributed by atoms with Gasteiger partial charge in [-0.3, -0.25) is 14.9 Å². The number of carbonyl (C=O) groups excluding carboxylic acids is 1. The van der Waals surface area contributed by atoms with Gasteiger partial charge in [0.15, 0.2) is 0 Å². The smallest absolute Gasteiger partial charge is 0.407 e. The summed E-state index contributed by atoms with van der Waals surface area (Å²) in [5.74, 6) is -0.489. The molecule has 2 heterocycles. The standard InChI is InChI=1S/C18H14N4O5S/c19-9-14-13-6-7-21(18(24)25)10-15(13)28-17(14)20-16(23)5-4-11-2-1-3-12(8-11)22(26)27/h1-5,8H,6-7,10H2,(H,20,23)(H,24,25). The molecule has 10 heteroatoms. The number of carbonyl (C=O) groups is 2. The first kappa shape index (κ1) is 19.1. The van der Waals surface area contributed by atoms with E-state index in [1.165, 1.54) is 46.6 Å².